The Morgan fingerprint density at radius 2 is 2.25 bits per heavy atom. The summed E-state index contributed by atoms with van der Waals surface area (Å²) in [5.74, 6) is 0.0908. The van der Waals surface area contributed by atoms with E-state index in [1.165, 1.54) is 12.3 Å². The normalized spacial score (nSPS) is 10.3. The average molecular weight is 162 g/mol. The second kappa shape index (κ2) is 2.34. The lowest BCUT2D eigenvalue weighted by Gasteiger charge is -1.99. The van der Waals surface area contributed by atoms with Crippen LogP contribution in [-0.4, -0.2) is 10.1 Å². The average Bonchev–Trinajstić information content (AvgIpc) is 2.04. The number of para-hydroxylation sites is 1. The fourth-order valence-electron chi connectivity index (χ4n) is 1.08. The third-order valence-electron chi connectivity index (χ3n) is 1.61. The number of phenolic OH excluding ortho intramolecular Hbond substituents is 1. The van der Waals surface area contributed by atoms with Gasteiger partial charge in [0.05, 0.1) is 5.39 Å². The van der Waals surface area contributed by atoms with Gasteiger partial charge in [0, 0.05) is 0 Å². The SMILES string of the molecule is [O-][n+]1cnc2c(O)cccc2c1. The zero-order valence-corrected chi connectivity index (χ0v) is 6.14. The zero-order valence-electron chi connectivity index (χ0n) is 6.14. The van der Waals surface area contributed by atoms with E-state index in [2.05, 4.69) is 4.98 Å². The predicted molar refractivity (Wildman–Crippen MR) is 42.4 cm³/mol. The maximum absolute atomic E-state index is 10.8. The molecule has 1 aromatic heterocycles. The molecule has 0 aliphatic carbocycles. The molecule has 0 unspecified atom stereocenters. The Labute approximate surface area is 68.3 Å². The van der Waals surface area contributed by atoms with Gasteiger partial charge in [-0.05, 0) is 17.1 Å². The Balaban J connectivity index is 2.86. The highest BCUT2D eigenvalue weighted by atomic mass is 16.5. The summed E-state index contributed by atoms with van der Waals surface area (Å²) in [5.41, 5.74) is 0.449. The molecule has 0 spiro atoms. The summed E-state index contributed by atoms with van der Waals surface area (Å²) in [6.45, 7) is 0. The molecule has 0 aliphatic heterocycles. The molecule has 0 fully saturated rings. The minimum atomic E-state index is 0.0908. The highest BCUT2D eigenvalue weighted by Gasteiger charge is 2.04. The lowest BCUT2D eigenvalue weighted by molar-refractivity contribution is -0.607. The van der Waals surface area contributed by atoms with Crippen LogP contribution in [0.2, 0.25) is 0 Å². The van der Waals surface area contributed by atoms with Crippen molar-refractivity contribution in [3.8, 4) is 5.75 Å². The smallest absolute Gasteiger partial charge is 0.290 e. The number of hydrogen-bond acceptors (Lipinski definition) is 3. The molecule has 1 heterocycles. The second-order valence-corrected chi connectivity index (χ2v) is 2.45. The summed E-state index contributed by atoms with van der Waals surface area (Å²) >= 11 is 0. The third-order valence-corrected chi connectivity index (χ3v) is 1.61. The molecule has 2 aromatic rings. The molecule has 2 rings (SSSR count). The van der Waals surface area contributed by atoms with E-state index in [1.807, 2.05) is 0 Å². The number of benzene rings is 1. The van der Waals surface area contributed by atoms with Gasteiger partial charge in [-0.15, -0.1) is 0 Å². The Kier molecular flexibility index (Phi) is 1.33. The van der Waals surface area contributed by atoms with Crippen molar-refractivity contribution in [2.24, 2.45) is 0 Å². The van der Waals surface area contributed by atoms with Crippen molar-refractivity contribution >= 4 is 10.9 Å². The van der Waals surface area contributed by atoms with Gasteiger partial charge in [-0.1, -0.05) is 6.07 Å². The highest BCUT2D eigenvalue weighted by Crippen LogP contribution is 2.19. The van der Waals surface area contributed by atoms with Crippen molar-refractivity contribution in [3.05, 3.63) is 35.9 Å². The van der Waals surface area contributed by atoms with E-state index in [4.69, 9.17) is 0 Å². The van der Waals surface area contributed by atoms with Gasteiger partial charge >= 0.3 is 0 Å². The summed E-state index contributed by atoms with van der Waals surface area (Å²) in [5, 5.41) is 20.7. The molecule has 4 nitrogen and oxygen atoms in total. The fourth-order valence-corrected chi connectivity index (χ4v) is 1.08. The summed E-state index contributed by atoms with van der Waals surface area (Å²) in [6, 6.07) is 4.92. The van der Waals surface area contributed by atoms with E-state index in [0.29, 0.717) is 15.6 Å². The topological polar surface area (TPSA) is 60.1 Å². The second-order valence-electron chi connectivity index (χ2n) is 2.45. The van der Waals surface area contributed by atoms with Gasteiger partial charge in [0.25, 0.3) is 6.33 Å². The molecule has 60 valence electrons. The standard InChI is InChI=1S/C8H6N2O2/c11-7-3-1-2-6-4-10(12)5-9-8(6)7/h1-5,11H. The first-order valence-corrected chi connectivity index (χ1v) is 3.44. The van der Waals surface area contributed by atoms with Crippen LogP contribution in [0.15, 0.2) is 30.7 Å². The first kappa shape index (κ1) is 6.84. The highest BCUT2D eigenvalue weighted by molar-refractivity contribution is 5.82. The monoisotopic (exact) mass is 162 g/mol. The van der Waals surface area contributed by atoms with Gasteiger partial charge in [-0.25, -0.2) is 4.73 Å². The van der Waals surface area contributed by atoms with Crippen LogP contribution in [0.3, 0.4) is 0 Å². The van der Waals surface area contributed by atoms with E-state index in [1.54, 1.807) is 12.1 Å². The molecule has 12 heavy (non-hydrogen) atoms. The Morgan fingerprint density at radius 3 is 3.08 bits per heavy atom. The number of aromatic hydroxyl groups is 1. The Morgan fingerprint density at radius 1 is 1.42 bits per heavy atom. The van der Waals surface area contributed by atoms with Crippen LogP contribution in [0.5, 0.6) is 5.75 Å². The van der Waals surface area contributed by atoms with E-state index < -0.39 is 0 Å². The van der Waals surface area contributed by atoms with Crippen molar-refractivity contribution in [3.63, 3.8) is 0 Å². The number of fused-ring (bicyclic) bond motifs is 1. The summed E-state index contributed by atoms with van der Waals surface area (Å²) in [7, 11) is 0. The molecular formula is C8H6N2O2. The van der Waals surface area contributed by atoms with Crippen LogP contribution >= 0.6 is 0 Å². The lowest BCUT2D eigenvalue weighted by atomic mass is 10.2. The van der Waals surface area contributed by atoms with Gasteiger partial charge < -0.3 is 10.3 Å². The zero-order chi connectivity index (χ0) is 8.55. The summed E-state index contributed by atoms with van der Waals surface area (Å²) < 4.78 is 0.599. The van der Waals surface area contributed by atoms with Gasteiger partial charge in [-0.2, -0.15) is 0 Å². The van der Waals surface area contributed by atoms with E-state index in [-0.39, 0.29) is 5.75 Å². The first-order valence-electron chi connectivity index (χ1n) is 3.44. The predicted octanol–water partition coefficient (Wildman–Crippen LogP) is 0.574. The maximum atomic E-state index is 10.8. The lowest BCUT2D eigenvalue weighted by Crippen LogP contribution is -2.24. The van der Waals surface area contributed by atoms with Crippen LogP contribution in [0, 0.1) is 5.21 Å². The number of aromatic nitrogens is 2. The quantitative estimate of drug-likeness (QED) is 0.455. The Hall–Kier alpha value is -1.84. The van der Waals surface area contributed by atoms with E-state index >= 15 is 0 Å². The number of nitrogens with zero attached hydrogens (tertiary/aromatic N) is 2. The molecule has 4 heteroatoms. The molecule has 0 amide bonds. The van der Waals surface area contributed by atoms with Crippen LogP contribution in [0.25, 0.3) is 10.9 Å². The Bertz CT molecular complexity index is 428. The molecular weight excluding hydrogens is 156 g/mol. The van der Waals surface area contributed by atoms with E-state index in [0.717, 1.165) is 6.33 Å². The van der Waals surface area contributed by atoms with Crippen molar-refractivity contribution in [2.45, 2.75) is 0 Å². The first-order chi connectivity index (χ1) is 5.77. The van der Waals surface area contributed by atoms with Crippen molar-refractivity contribution in [1.29, 1.82) is 0 Å². The number of rotatable bonds is 0. The van der Waals surface area contributed by atoms with Crippen molar-refractivity contribution < 1.29 is 9.84 Å². The minimum absolute atomic E-state index is 0.0908. The molecule has 0 bridgehead atoms. The third kappa shape index (κ3) is 0.934. The summed E-state index contributed by atoms with van der Waals surface area (Å²) in [6.07, 6.45) is 2.48. The van der Waals surface area contributed by atoms with Gasteiger partial charge in [-0.3, -0.25) is 0 Å². The van der Waals surface area contributed by atoms with Crippen LogP contribution in [-0.2, 0) is 0 Å². The molecule has 1 N–H and O–H groups in total. The van der Waals surface area contributed by atoms with Gasteiger partial charge in [0.2, 0.25) is 5.52 Å². The van der Waals surface area contributed by atoms with Crippen LogP contribution in [0.1, 0.15) is 0 Å². The largest absolute Gasteiger partial charge is 0.711 e. The number of hydrogen-bond donors (Lipinski definition) is 1. The van der Waals surface area contributed by atoms with Crippen molar-refractivity contribution in [2.75, 3.05) is 0 Å². The molecule has 0 aliphatic rings. The van der Waals surface area contributed by atoms with Crippen LogP contribution in [0.4, 0.5) is 0 Å². The van der Waals surface area contributed by atoms with E-state index in [9.17, 15) is 10.3 Å². The minimum Gasteiger partial charge on any atom is -0.711 e. The molecule has 0 radical (unpaired) electrons. The number of phenols is 1. The van der Waals surface area contributed by atoms with Crippen LogP contribution < -0.4 is 4.73 Å². The van der Waals surface area contributed by atoms with Gasteiger partial charge in [0.15, 0.2) is 5.75 Å². The molecule has 0 atom stereocenters. The molecule has 0 saturated heterocycles. The van der Waals surface area contributed by atoms with Crippen molar-refractivity contribution in [1.82, 2.24) is 4.98 Å². The molecule has 1 aromatic carbocycles. The van der Waals surface area contributed by atoms with Gasteiger partial charge in [0.1, 0.15) is 6.20 Å². The maximum Gasteiger partial charge on any atom is 0.290 e. The molecule has 0 saturated carbocycles. The summed E-state index contributed by atoms with van der Waals surface area (Å²) in [4.78, 5) is 3.78. The fraction of sp³-hybridized carbons (Fsp3) is 0.